The number of nitrogens with zero attached hydrogens (tertiary/aromatic N) is 1. The molecule has 1 aromatic heterocycles. The van der Waals surface area contributed by atoms with Crippen LogP contribution in [0.2, 0.25) is 0 Å². The summed E-state index contributed by atoms with van der Waals surface area (Å²) in [5.74, 6) is 0. The van der Waals surface area contributed by atoms with Crippen LogP contribution in [0.1, 0.15) is 0 Å². The lowest BCUT2D eigenvalue weighted by atomic mass is 9.94. The normalized spacial score (nSPS) is 11.6. The highest BCUT2D eigenvalue weighted by Crippen LogP contribution is 2.46. The summed E-state index contributed by atoms with van der Waals surface area (Å²) in [6.45, 7) is 0. The number of rotatable bonds is 4. The maximum absolute atomic E-state index is 6.41. The summed E-state index contributed by atoms with van der Waals surface area (Å²) in [7, 11) is 0. The lowest BCUT2D eigenvalue weighted by Crippen LogP contribution is -2.11. The zero-order chi connectivity index (χ0) is 29.0. The van der Waals surface area contributed by atoms with Gasteiger partial charge in [-0.25, -0.2) is 0 Å². The molecule has 44 heavy (non-hydrogen) atoms. The van der Waals surface area contributed by atoms with E-state index in [0.717, 1.165) is 39.0 Å². The fourth-order valence-electron chi connectivity index (χ4n) is 6.77. The first-order valence-corrected chi connectivity index (χ1v) is 15.0. The average Bonchev–Trinajstić information content (AvgIpc) is 3.47. The van der Waals surface area contributed by atoms with Gasteiger partial charge in [0, 0.05) is 33.6 Å². The van der Waals surface area contributed by atoms with E-state index in [2.05, 4.69) is 157 Å². The molecule has 0 fully saturated rings. The van der Waals surface area contributed by atoms with Gasteiger partial charge in [-0.2, -0.15) is 0 Å². The molecule has 0 spiro atoms. The molecule has 0 amide bonds. The highest BCUT2D eigenvalue weighted by Gasteiger charge is 2.21. The van der Waals surface area contributed by atoms with Crippen LogP contribution in [0.15, 0.2) is 168 Å². The first-order chi connectivity index (χ1) is 21.8. The van der Waals surface area contributed by atoms with Gasteiger partial charge in [-0.3, -0.25) is 0 Å². The molecule has 0 aliphatic carbocycles. The molecule has 0 aliphatic heterocycles. The number of anilines is 3. The Morgan fingerprint density at radius 1 is 0.364 bits per heavy atom. The van der Waals surface area contributed by atoms with Crippen LogP contribution < -0.4 is 4.90 Å². The molecule has 0 unspecified atom stereocenters. The second-order valence-electron chi connectivity index (χ2n) is 11.4. The van der Waals surface area contributed by atoms with Crippen molar-refractivity contribution in [2.45, 2.75) is 0 Å². The third-order valence-electron chi connectivity index (χ3n) is 8.80. The Morgan fingerprint density at radius 3 is 1.91 bits per heavy atom. The van der Waals surface area contributed by atoms with Gasteiger partial charge in [-0.15, -0.1) is 0 Å². The first-order valence-electron chi connectivity index (χ1n) is 15.0. The number of hydrogen-bond acceptors (Lipinski definition) is 2. The van der Waals surface area contributed by atoms with Crippen LogP contribution in [0.4, 0.5) is 17.1 Å². The lowest BCUT2D eigenvalue weighted by molar-refractivity contribution is 0.669. The summed E-state index contributed by atoms with van der Waals surface area (Å²) in [5.41, 5.74) is 7.42. The van der Waals surface area contributed by atoms with E-state index < -0.39 is 0 Å². The van der Waals surface area contributed by atoms with Crippen LogP contribution in [-0.4, -0.2) is 0 Å². The van der Waals surface area contributed by atoms with Gasteiger partial charge in [-0.05, 0) is 74.5 Å². The predicted molar refractivity (Wildman–Crippen MR) is 186 cm³/mol. The molecule has 9 aromatic rings. The maximum Gasteiger partial charge on any atom is 0.137 e. The fourth-order valence-corrected chi connectivity index (χ4v) is 6.77. The Bertz CT molecular complexity index is 2510. The molecule has 0 N–H and O–H groups in total. The summed E-state index contributed by atoms with van der Waals surface area (Å²) in [6, 6.07) is 58.6. The van der Waals surface area contributed by atoms with Crippen molar-refractivity contribution >= 4 is 71.3 Å². The minimum Gasteiger partial charge on any atom is -0.456 e. The standard InChI is InChI=1S/C42H27NO/c1-2-11-28(12-3-1)30-15-10-16-32(25-30)43(33-22-24-37-36-19-8-9-20-40(36)44-41(37)27-33)39-26-31-14-5-6-17-34(31)38-23-21-29-13-4-7-18-35(29)42(38)39/h1-27H. The van der Waals surface area contributed by atoms with Crippen LogP contribution in [0.5, 0.6) is 0 Å². The topological polar surface area (TPSA) is 16.4 Å². The molecule has 1 heterocycles. The Kier molecular flexibility index (Phi) is 5.54. The third kappa shape index (κ3) is 3.89. The summed E-state index contributed by atoms with van der Waals surface area (Å²) in [6.07, 6.45) is 0. The van der Waals surface area contributed by atoms with Crippen LogP contribution in [0.3, 0.4) is 0 Å². The summed E-state index contributed by atoms with van der Waals surface area (Å²) < 4.78 is 6.41. The van der Waals surface area contributed by atoms with Gasteiger partial charge in [0.1, 0.15) is 11.2 Å². The summed E-state index contributed by atoms with van der Waals surface area (Å²) in [4.78, 5) is 2.40. The van der Waals surface area contributed by atoms with Crippen LogP contribution >= 0.6 is 0 Å². The van der Waals surface area contributed by atoms with Gasteiger partial charge in [0.05, 0.1) is 5.69 Å². The van der Waals surface area contributed by atoms with Crippen molar-refractivity contribution < 1.29 is 4.42 Å². The summed E-state index contributed by atoms with van der Waals surface area (Å²) >= 11 is 0. The zero-order valence-corrected chi connectivity index (χ0v) is 23.9. The maximum atomic E-state index is 6.41. The van der Waals surface area contributed by atoms with Crippen molar-refractivity contribution in [3.8, 4) is 11.1 Å². The van der Waals surface area contributed by atoms with Crippen molar-refractivity contribution in [2.24, 2.45) is 0 Å². The van der Waals surface area contributed by atoms with Crippen molar-refractivity contribution in [3.63, 3.8) is 0 Å². The average molecular weight is 562 g/mol. The fraction of sp³-hybridized carbons (Fsp3) is 0. The molecule has 0 bridgehead atoms. The highest BCUT2D eigenvalue weighted by molar-refractivity contribution is 6.23. The Morgan fingerprint density at radius 2 is 1.02 bits per heavy atom. The Labute approximate surface area is 255 Å². The lowest BCUT2D eigenvalue weighted by Gasteiger charge is -2.28. The largest absolute Gasteiger partial charge is 0.456 e. The predicted octanol–water partition coefficient (Wildman–Crippen LogP) is 12.2. The highest BCUT2D eigenvalue weighted by atomic mass is 16.3. The minimum atomic E-state index is 0.878. The Balaban J connectivity index is 1.39. The second-order valence-corrected chi connectivity index (χ2v) is 11.4. The van der Waals surface area contributed by atoms with E-state index in [1.165, 1.54) is 43.4 Å². The van der Waals surface area contributed by atoms with Crippen LogP contribution in [0.25, 0.3) is 65.4 Å². The van der Waals surface area contributed by atoms with E-state index >= 15 is 0 Å². The zero-order valence-electron chi connectivity index (χ0n) is 23.9. The van der Waals surface area contributed by atoms with Crippen molar-refractivity contribution in [2.75, 3.05) is 4.90 Å². The SMILES string of the molecule is c1ccc(-c2cccc(N(c3ccc4c(c3)oc3ccccc34)c3cc4ccccc4c4ccc5ccccc5c34)c2)cc1. The van der Waals surface area contributed by atoms with E-state index in [0.29, 0.717) is 0 Å². The van der Waals surface area contributed by atoms with E-state index in [1.54, 1.807) is 0 Å². The monoisotopic (exact) mass is 561 g/mol. The van der Waals surface area contributed by atoms with Gasteiger partial charge < -0.3 is 9.32 Å². The minimum absolute atomic E-state index is 0.878. The third-order valence-corrected chi connectivity index (χ3v) is 8.80. The summed E-state index contributed by atoms with van der Waals surface area (Å²) in [5, 5.41) is 9.65. The molecular formula is C42H27NO. The number of para-hydroxylation sites is 1. The van der Waals surface area contributed by atoms with Gasteiger partial charge in [0.15, 0.2) is 0 Å². The molecule has 0 radical (unpaired) electrons. The smallest absolute Gasteiger partial charge is 0.137 e. The van der Waals surface area contributed by atoms with Gasteiger partial charge >= 0.3 is 0 Å². The van der Waals surface area contributed by atoms with Gasteiger partial charge in [-0.1, -0.05) is 121 Å². The van der Waals surface area contributed by atoms with E-state index in [4.69, 9.17) is 4.42 Å². The molecule has 0 saturated carbocycles. The first kappa shape index (κ1) is 24.7. The molecule has 2 heteroatoms. The van der Waals surface area contributed by atoms with E-state index in [1.807, 2.05) is 12.1 Å². The van der Waals surface area contributed by atoms with Crippen LogP contribution in [0, 0.1) is 0 Å². The van der Waals surface area contributed by atoms with Gasteiger partial charge in [0.2, 0.25) is 0 Å². The van der Waals surface area contributed by atoms with Crippen LogP contribution in [-0.2, 0) is 0 Å². The number of benzene rings is 8. The molecular weight excluding hydrogens is 534 g/mol. The number of hydrogen-bond donors (Lipinski definition) is 0. The number of fused-ring (bicyclic) bond motifs is 8. The molecule has 9 rings (SSSR count). The number of furan rings is 1. The molecule has 8 aromatic carbocycles. The molecule has 206 valence electrons. The molecule has 2 nitrogen and oxygen atoms in total. The molecule has 0 atom stereocenters. The van der Waals surface area contributed by atoms with Crippen molar-refractivity contribution in [1.29, 1.82) is 0 Å². The van der Waals surface area contributed by atoms with Gasteiger partial charge in [0.25, 0.3) is 0 Å². The molecule has 0 saturated heterocycles. The second kappa shape index (κ2) is 9.86. The van der Waals surface area contributed by atoms with Crippen molar-refractivity contribution in [1.82, 2.24) is 0 Å². The van der Waals surface area contributed by atoms with Crippen molar-refractivity contribution in [3.05, 3.63) is 164 Å². The van der Waals surface area contributed by atoms with E-state index in [9.17, 15) is 0 Å². The van der Waals surface area contributed by atoms with E-state index in [-0.39, 0.29) is 0 Å². The Hall–Kier alpha value is -5.86. The molecule has 0 aliphatic rings. The quantitative estimate of drug-likeness (QED) is 0.199.